The predicted octanol–water partition coefficient (Wildman–Crippen LogP) is 3.13. The van der Waals surface area contributed by atoms with E-state index in [0.29, 0.717) is 16.8 Å². The molecule has 15 heavy (non-hydrogen) atoms. The first-order valence-corrected chi connectivity index (χ1v) is 5.06. The van der Waals surface area contributed by atoms with Crippen molar-refractivity contribution in [2.45, 2.75) is 6.92 Å². The van der Waals surface area contributed by atoms with Crippen LogP contribution in [0.4, 0.5) is 10.3 Å². The molecule has 0 radical (unpaired) electrons. The first kappa shape index (κ1) is 10.2. The Morgan fingerprint density at radius 3 is 2.80 bits per heavy atom. The summed E-state index contributed by atoms with van der Waals surface area (Å²) in [5.74, 6) is -0.0738. The SMILES string of the molecule is Cc1c(-c2cc(F)ccc2Br)noc1N. The van der Waals surface area contributed by atoms with E-state index in [0.717, 1.165) is 4.47 Å². The Morgan fingerprint density at radius 1 is 1.47 bits per heavy atom. The third-order valence-electron chi connectivity index (χ3n) is 2.14. The standard InChI is InChI=1S/C10H8BrFN2O/c1-5-9(14-15-10(5)13)7-4-6(12)2-3-8(7)11/h2-4H,13H2,1H3. The lowest BCUT2D eigenvalue weighted by molar-refractivity contribution is 0.438. The third-order valence-corrected chi connectivity index (χ3v) is 2.84. The van der Waals surface area contributed by atoms with Crippen molar-refractivity contribution >= 4 is 21.8 Å². The van der Waals surface area contributed by atoms with E-state index in [9.17, 15) is 4.39 Å². The molecule has 0 atom stereocenters. The van der Waals surface area contributed by atoms with Gasteiger partial charge in [-0.25, -0.2) is 4.39 Å². The molecule has 0 unspecified atom stereocenters. The van der Waals surface area contributed by atoms with Crippen molar-refractivity contribution in [3.63, 3.8) is 0 Å². The van der Waals surface area contributed by atoms with Gasteiger partial charge in [-0.05, 0) is 25.1 Å². The average molecular weight is 271 g/mol. The molecule has 0 aliphatic carbocycles. The summed E-state index contributed by atoms with van der Waals surface area (Å²) >= 11 is 3.32. The Hall–Kier alpha value is -1.36. The van der Waals surface area contributed by atoms with Crippen LogP contribution in [0, 0.1) is 12.7 Å². The van der Waals surface area contributed by atoms with E-state index in [2.05, 4.69) is 21.1 Å². The Labute approximate surface area is 94.2 Å². The Kier molecular flexibility index (Phi) is 2.48. The van der Waals surface area contributed by atoms with Crippen LogP contribution in [-0.4, -0.2) is 5.16 Å². The number of nitrogen functional groups attached to an aromatic ring is 1. The van der Waals surface area contributed by atoms with E-state index in [1.165, 1.54) is 12.1 Å². The van der Waals surface area contributed by atoms with Gasteiger partial charge in [-0.1, -0.05) is 21.1 Å². The van der Waals surface area contributed by atoms with Crippen LogP contribution in [-0.2, 0) is 0 Å². The summed E-state index contributed by atoms with van der Waals surface area (Å²) in [5.41, 5.74) is 7.42. The fourth-order valence-corrected chi connectivity index (χ4v) is 1.71. The van der Waals surface area contributed by atoms with Crippen molar-refractivity contribution in [1.29, 1.82) is 0 Å². The number of halogens is 2. The Bertz CT molecular complexity index is 510. The zero-order chi connectivity index (χ0) is 11.0. The highest BCUT2D eigenvalue weighted by Gasteiger charge is 2.14. The number of hydrogen-bond donors (Lipinski definition) is 1. The summed E-state index contributed by atoms with van der Waals surface area (Å²) in [6.07, 6.45) is 0. The molecule has 78 valence electrons. The fourth-order valence-electron chi connectivity index (χ4n) is 1.28. The van der Waals surface area contributed by atoms with Crippen LogP contribution < -0.4 is 5.73 Å². The van der Waals surface area contributed by atoms with Crippen LogP contribution in [0.5, 0.6) is 0 Å². The van der Waals surface area contributed by atoms with Gasteiger partial charge in [0.05, 0.1) is 0 Å². The van der Waals surface area contributed by atoms with E-state index in [1.54, 1.807) is 13.0 Å². The molecular formula is C10H8BrFN2O. The second-order valence-corrected chi connectivity index (χ2v) is 4.00. The summed E-state index contributed by atoms with van der Waals surface area (Å²) in [5, 5.41) is 3.79. The molecule has 2 aromatic rings. The third kappa shape index (κ3) is 1.74. The number of rotatable bonds is 1. The summed E-state index contributed by atoms with van der Waals surface area (Å²) in [4.78, 5) is 0. The number of aromatic nitrogens is 1. The molecule has 0 bridgehead atoms. The van der Waals surface area contributed by atoms with Crippen molar-refractivity contribution in [2.24, 2.45) is 0 Å². The molecule has 0 aliphatic heterocycles. The van der Waals surface area contributed by atoms with Gasteiger partial charge in [0.15, 0.2) is 0 Å². The van der Waals surface area contributed by atoms with Crippen LogP contribution in [0.2, 0.25) is 0 Å². The van der Waals surface area contributed by atoms with E-state index < -0.39 is 0 Å². The molecule has 3 nitrogen and oxygen atoms in total. The lowest BCUT2D eigenvalue weighted by Crippen LogP contribution is -1.87. The van der Waals surface area contributed by atoms with Gasteiger partial charge in [0.2, 0.25) is 5.88 Å². The lowest BCUT2D eigenvalue weighted by atomic mass is 10.1. The summed E-state index contributed by atoms with van der Waals surface area (Å²) < 4.78 is 18.6. The lowest BCUT2D eigenvalue weighted by Gasteiger charge is -2.01. The molecule has 2 N–H and O–H groups in total. The average Bonchev–Trinajstić information content (AvgIpc) is 2.52. The van der Waals surface area contributed by atoms with Crippen molar-refractivity contribution < 1.29 is 8.91 Å². The maximum absolute atomic E-state index is 13.1. The maximum atomic E-state index is 13.1. The van der Waals surface area contributed by atoms with Crippen molar-refractivity contribution in [3.8, 4) is 11.3 Å². The van der Waals surface area contributed by atoms with Gasteiger partial charge in [-0.2, -0.15) is 0 Å². The monoisotopic (exact) mass is 270 g/mol. The highest BCUT2D eigenvalue weighted by atomic mass is 79.9. The van der Waals surface area contributed by atoms with Crippen molar-refractivity contribution in [3.05, 3.63) is 34.1 Å². The number of anilines is 1. The highest BCUT2D eigenvalue weighted by Crippen LogP contribution is 2.32. The van der Waals surface area contributed by atoms with Crippen LogP contribution >= 0.6 is 15.9 Å². The van der Waals surface area contributed by atoms with E-state index >= 15 is 0 Å². The van der Waals surface area contributed by atoms with Gasteiger partial charge in [0.25, 0.3) is 0 Å². The predicted molar refractivity (Wildman–Crippen MR) is 58.7 cm³/mol. The molecule has 0 saturated carbocycles. The molecule has 5 heteroatoms. The van der Waals surface area contributed by atoms with Crippen LogP contribution in [0.1, 0.15) is 5.56 Å². The zero-order valence-electron chi connectivity index (χ0n) is 7.92. The van der Waals surface area contributed by atoms with Gasteiger partial charge < -0.3 is 10.3 Å². The van der Waals surface area contributed by atoms with E-state index in [4.69, 9.17) is 10.3 Å². The minimum absolute atomic E-state index is 0.251. The van der Waals surface area contributed by atoms with Crippen LogP contribution in [0.3, 0.4) is 0 Å². The van der Waals surface area contributed by atoms with Gasteiger partial charge in [-0.15, -0.1) is 0 Å². The molecule has 0 fully saturated rings. The van der Waals surface area contributed by atoms with Gasteiger partial charge in [0.1, 0.15) is 11.5 Å². The topological polar surface area (TPSA) is 52.0 Å². The summed E-state index contributed by atoms with van der Waals surface area (Å²) in [6.45, 7) is 1.78. The maximum Gasteiger partial charge on any atom is 0.225 e. The summed E-state index contributed by atoms with van der Waals surface area (Å²) in [7, 11) is 0. The van der Waals surface area contributed by atoms with Crippen LogP contribution in [0.15, 0.2) is 27.2 Å². The van der Waals surface area contributed by atoms with Crippen molar-refractivity contribution in [1.82, 2.24) is 5.16 Å². The normalized spacial score (nSPS) is 10.6. The molecule has 0 aliphatic rings. The molecule has 1 aromatic carbocycles. The van der Waals surface area contributed by atoms with E-state index in [1.807, 2.05) is 0 Å². The molecule has 1 heterocycles. The molecule has 0 saturated heterocycles. The number of nitrogens with zero attached hydrogens (tertiary/aromatic N) is 1. The van der Waals surface area contributed by atoms with Gasteiger partial charge in [0, 0.05) is 15.6 Å². The first-order chi connectivity index (χ1) is 7.09. The van der Waals surface area contributed by atoms with Gasteiger partial charge >= 0.3 is 0 Å². The zero-order valence-corrected chi connectivity index (χ0v) is 9.51. The molecule has 0 spiro atoms. The second kappa shape index (κ2) is 3.66. The Morgan fingerprint density at radius 2 is 2.20 bits per heavy atom. The molecule has 2 rings (SSSR count). The number of benzene rings is 1. The highest BCUT2D eigenvalue weighted by molar-refractivity contribution is 9.10. The Balaban J connectivity index is 2.63. The minimum Gasteiger partial charge on any atom is -0.367 e. The second-order valence-electron chi connectivity index (χ2n) is 3.14. The molecule has 1 aromatic heterocycles. The number of hydrogen-bond acceptors (Lipinski definition) is 3. The van der Waals surface area contributed by atoms with E-state index in [-0.39, 0.29) is 11.7 Å². The summed E-state index contributed by atoms with van der Waals surface area (Å²) in [6, 6.07) is 4.37. The quantitative estimate of drug-likeness (QED) is 0.866. The smallest absolute Gasteiger partial charge is 0.225 e. The van der Waals surface area contributed by atoms with Crippen LogP contribution in [0.25, 0.3) is 11.3 Å². The minimum atomic E-state index is -0.325. The van der Waals surface area contributed by atoms with Crippen molar-refractivity contribution in [2.75, 3.05) is 5.73 Å². The van der Waals surface area contributed by atoms with Gasteiger partial charge in [-0.3, -0.25) is 0 Å². The fraction of sp³-hybridized carbons (Fsp3) is 0.100. The molecular weight excluding hydrogens is 263 g/mol. The molecule has 0 amide bonds. The first-order valence-electron chi connectivity index (χ1n) is 4.26. The number of nitrogens with two attached hydrogens (primary N) is 1. The largest absolute Gasteiger partial charge is 0.367 e.